The fraction of sp³-hybridized carbons (Fsp3) is 0.667. The minimum atomic E-state index is -0.672. The van der Waals surface area contributed by atoms with Crippen molar-refractivity contribution in [2.75, 3.05) is 37.7 Å². The molecule has 1 atom stereocenters. The van der Waals surface area contributed by atoms with Crippen molar-refractivity contribution >= 4 is 6.01 Å². The molecule has 0 bridgehead atoms. The van der Waals surface area contributed by atoms with Gasteiger partial charge in [-0.1, -0.05) is 0 Å². The van der Waals surface area contributed by atoms with Crippen LogP contribution in [0.15, 0.2) is 35.1 Å². The van der Waals surface area contributed by atoms with Crippen molar-refractivity contribution in [1.82, 2.24) is 9.88 Å². The van der Waals surface area contributed by atoms with Crippen molar-refractivity contribution < 1.29 is 23.4 Å². The normalized spacial score (nSPS) is 29.3. The Balaban J connectivity index is 1.03. The summed E-state index contributed by atoms with van der Waals surface area (Å²) in [5, 5.41) is 10.2. The molecule has 1 N–H and O–H groups in total. The number of nitrogens with zero attached hydrogens (tertiary/aromatic N) is 3. The highest BCUT2D eigenvalue weighted by atomic mass is 19.1. The second-order valence-corrected chi connectivity index (χ2v) is 11.6. The summed E-state index contributed by atoms with van der Waals surface area (Å²) < 4.78 is 32.2. The van der Waals surface area contributed by atoms with E-state index in [1.54, 1.807) is 24.6 Å². The van der Waals surface area contributed by atoms with Crippen molar-refractivity contribution in [2.24, 2.45) is 5.92 Å². The number of benzene rings is 1. The summed E-state index contributed by atoms with van der Waals surface area (Å²) >= 11 is 0. The zero-order valence-corrected chi connectivity index (χ0v) is 20.7. The third-order valence-electron chi connectivity index (χ3n) is 8.68. The van der Waals surface area contributed by atoms with E-state index >= 15 is 0 Å². The minimum absolute atomic E-state index is 0.0800. The Morgan fingerprint density at radius 2 is 1.97 bits per heavy atom. The average Bonchev–Trinajstić information content (AvgIpc) is 3.45. The van der Waals surface area contributed by atoms with E-state index in [2.05, 4.69) is 14.8 Å². The summed E-state index contributed by atoms with van der Waals surface area (Å²) in [7, 11) is 0. The smallest absolute Gasteiger partial charge is 0.297 e. The number of hydrogen-bond acceptors (Lipinski definition) is 7. The van der Waals surface area contributed by atoms with E-state index in [9.17, 15) is 9.50 Å². The van der Waals surface area contributed by atoms with E-state index in [0.717, 1.165) is 76.2 Å². The number of likely N-dealkylation sites (tertiary alicyclic amines) is 1. The van der Waals surface area contributed by atoms with Crippen LogP contribution < -0.4 is 9.64 Å². The van der Waals surface area contributed by atoms with Gasteiger partial charge in [0.2, 0.25) is 0 Å². The molecule has 7 nitrogen and oxygen atoms in total. The van der Waals surface area contributed by atoms with Gasteiger partial charge in [0.1, 0.15) is 23.4 Å². The van der Waals surface area contributed by atoms with Gasteiger partial charge in [-0.3, -0.25) is 4.90 Å². The Hall–Kier alpha value is -2.16. The number of aliphatic hydroxyl groups is 1. The van der Waals surface area contributed by atoms with Gasteiger partial charge >= 0.3 is 0 Å². The second kappa shape index (κ2) is 8.75. The molecule has 4 fully saturated rings. The van der Waals surface area contributed by atoms with Crippen molar-refractivity contribution in [3.8, 4) is 5.75 Å². The Bertz CT molecular complexity index is 1020. The molecule has 8 heteroatoms. The van der Waals surface area contributed by atoms with E-state index in [1.165, 1.54) is 6.07 Å². The lowest BCUT2D eigenvalue weighted by Crippen LogP contribution is -2.62. The summed E-state index contributed by atoms with van der Waals surface area (Å²) in [6.45, 7) is 8.12. The number of oxazole rings is 1. The summed E-state index contributed by atoms with van der Waals surface area (Å²) in [4.78, 5) is 8.92. The van der Waals surface area contributed by atoms with E-state index < -0.39 is 5.60 Å². The summed E-state index contributed by atoms with van der Waals surface area (Å²) in [6, 6.07) is 6.06. The van der Waals surface area contributed by atoms with Crippen molar-refractivity contribution in [3.63, 3.8) is 0 Å². The Kier molecular flexibility index (Phi) is 5.81. The Morgan fingerprint density at radius 1 is 1.20 bits per heavy atom. The third-order valence-corrected chi connectivity index (χ3v) is 8.68. The van der Waals surface area contributed by atoms with Gasteiger partial charge in [-0.15, -0.1) is 0 Å². The summed E-state index contributed by atoms with van der Waals surface area (Å²) in [5.41, 5.74) is 0.244. The van der Waals surface area contributed by atoms with E-state index in [0.29, 0.717) is 18.0 Å². The van der Waals surface area contributed by atoms with Crippen LogP contribution in [0.4, 0.5) is 10.4 Å². The first-order valence-corrected chi connectivity index (χ1v) is 13.0. The lowest BCUT2D eigenvalue weighted by atomic mass is 9.72. The number of piperidine rings is 1. The van der Waals surface area contributed by atoms with Crippen LogP contribution in [0.25, 0.3) is 0 Å². The largest absolute Gasteiger partial charge is 0.490 e. The number of ether oxygens (including phenoxy) is 2. The molecule has 1 saturated carbocycles. The number of hydrogen-bond donors (Lipinski definition) is 1. The molecule has 0 amide bonds. The monoisotopic (exact) mass is 485 g/mol. The van der Waals surface area contributed by atoms with Crippen molar-refractivity contribution in [2.45, 2.75) is 75.2 Å². The van der Waals surface area contributed by atoms with E-state index in [1.807, 2.05) is 13.8 Å². The Labute approximate surface area is 206 Å². The number of rotatable bonds is 6. The first-order chi connectivity index (χ1) is 16.8. The van der Waals surface area contributed by atoms with Crippen LogP contribution in [0.2, 0.25) is 0 Å². The van der Waals surface area contributed by atoms with Gasteiger partial charge in [0.15, 0.2) is 0 Å². The summed E-state index contributed by atoms with van der Waals surface area (Å²) in [6.07, 6.45) is 8.08. The quantitative estimate of drug-likeness (QED) is 0.664. The molecule has 1 aromatic heterocycles. The molecule has 0 unspecified atom stereocenters. The molecule has 2 aromatic rings. The SMILES string of the molecule is CC(C)(O)[C@H]1C[C@@H](Oc2ccc(F)cc2C2CCN([C@@H]3COC4(C3)CN(c3ncco3)C4)CC2)C1. The standard InChI is InChI=1S/C27H36FN3O4/c1-26(2,32)19-11-22(12-19)35-24-4-3-20(28)13-23(24)18-5-8-30(9-6-18)21-14-27(34-15-21)16-31(17-27)25-29-7-10-33-25/h3-4,7,10,13,18-19,21-22,32H,5-6,8-9,11-12,14-17H2,1-2H3/t19-,21-,22+/m0/s1. The molecule has 4 heterocycles. The summed E-state index contributed by atoms with van der Waals surface area (Å²) in [5.74, 6) is 1.16. The maximum absolute atomic E-state index is 14.2. The van der Waals surface area contributed by atoms with Crippen LogP contribution in [0.1, 0.15) is 57.4 Å². The molecule has 1 aromatic carbocycles. The highest BCUT2D eigenvalue weighted by Crippen LogP contribution is 2.43. The van der Waals surface area contributed by atoms with Crippen molar-refractivity contribution in [1.29, 1.82) is 0 Å². The van der Waals surface area contributed by atoms with Crippen molar-refractivity contribution in [3.05, 3.63) is 42.0 Å². The Morgan fingerprint density at radius 3 is 2.66 bits per heavy atom. The van der Waals surface area contributed by atoms with Crippen LogP contribution >= 0.6 is 0 Å². The topological polar surface area (TPSA) is 71.2 Å². The minimum Gasteiger partial charge on any atom is -0.490 e. The highest BCUT2D eigenvalue weighted by molar-refractivity contribution is 5.38. The molecule has 3 saturated heterocycles. The maximum Gasteiger partial charge on any atom is 0.297 e. The van der Waals surface area contributed by atoms with Crippen LogP contribution in [-0.4, -0.2) is 71.1 Å². The first-order valence-electron chi connectivity index (χ1n) is 13.0. The van der Waals surface area contributed by atoms with Gasteiger partial charge in [-0.05, 0) is 89.1 Å². The predicted octanol–water partition coefficient (Wildman–Crippen LogP) is 3.97. The molecule has 0 radical (unpaired) electrons. The number of aromatic nitrogens is 1. The molecule has 1 aliphatic carbocycles. The molecule has 6 rings (SSSR count). The number of anilines is 1. The molecule has 4 aliphatic rings. The number of halogens is 1. The molecule has 190 valence electrons. The fourth-order valence-electron chi connectivity index (χ4n) is 6.37. The lowest BCUT2D eigenvalue weighted by molar-refractivity contribution is -0.0676. The van der Waals surface area contributed by atoms with Gasteiger partial charge in [0.05, 0.1) is 37.6 Å². The lowest BCUT2D eigenvalue weighted by Gasteiger charge is -2.46. The third kappa shape index (κ3) is 4.56. The van der Waals surface area contributed by atoms with Gasteiger partial charge in [-0.2, -0.15) is 0 Å². The van der Waals surface area contributed by atoms with Crippen LogP contribution in [0, 0.1) is 11.7 Å². The van der Waals surface area contributed by atoms with Gasteiger partial charge < -0.3 is 23.9 Å². The molecular weight excluding hydrogens is 449 g/mol. The highest BCUT2D eigenvalue weighted by Gasteiger charge is 2.52. The van der Waals surface area contributed by atoms with Gasteiger partial charge in [0, 0.05) is 11.6 Å². The van der Waals surface area contributed by atoms with Crippen LogP contribution in [0.3, 0.4) is 0 Å². The molecule has 1 spiro atoms. The maximum atomic E-state index is 14.2. The molecule has 35 heavy (non-hydrogen) atoms. The van der Waals surface area contributed by atoms with Crippen LogP contribution in [-0.2, 0) is 4.74 Å². The zero-order valence-electron chi connectivity index (χ0n) is 20.7. The molecule has 3 aliphatic heterocycles. The second-order valence-electron chi connectivity index (χ2n) is 11.6. The van der Waals surface area contributed by atoms with Gasteiger partial charge in [-0.25, -0.2) is 9.37 Å². The molecular formula is C27H36FN3O4. The average molecular weight is 486 g/mol. The van der Waals surface area contributed by atoms with Gasteiger partial charge in [0.25, 0.3) is 6.01 Å². The predicted molar refractivity (Wildman–Crippen MR) is 129 cm³/mol. The zero-order chi connectivity index (χ0) is 24.2. The van der Waals surface area contributed by atoms with E-state index in [-0.39, 0.29) is 23.4 Å². The fourth-order valence-corrected chi connectivity index (χ4v) is 6.37. The first kappa shape index (κ1) is 23.3. The van der Waals surface area contributed by atoms with E-state index in [4.69, 9.17) is 13.9 Å². The van der Waals surface area contributed by atoms with Crippen LogP contribution in [0.5, 0.6) is 5.75 Å².